The third-order valence-electron chi connectivity index (χ3n) is 9.55. The van der Waals surface area contributed by atoms with Gasteiger partial charge in [0.1, 0.15) is 24.8 Å². The highest BCUT2D eigenvalue weighted by Crippen LogP contribution is 2.44. The molecule has 0 spiro atoms. The maximum Gasteiger partial charge on any atom is 0.253 e. The molecule has 9 nitrogen and oxygen atoms in total. The van der Waals surface area contributed by atoms with Crippen LogP contribution in [0.25, 0.3) is 11.3 Å². The number of rotatable bonds is 8. The van der Waals surface area contributed by atoms with Crippen molar-refractivity contribution in [1.29, 1.82) is 0 Å². The second-order valence-electron chi connectivity index (χ2n) is 12.1. The summed E-state index contributed by atoms with van der Waals surface area (Å²) in [7, 11) is 2.11. The van der Waals surface area contributed by atoms with E-state index in [2.05, 4.69) is 22.2 Å². The number of nitrogens with zero attached hydrogens (tertiary/aromatic N) is 4. The predicted octanol–water partition coefficient (Wildman–Crippen LogP) is 3.82. The summed E-state index contributed by atoms with van der Waals surface area (Å²) in [6, 6.07) is 6.10. The average molecular weight is 614 g/mol. The molecule has 3 aliphatic heterocycles. The number of hydrogen-bond acceptors (Lipinski definition) is 9. The highest BCUT2D eigenvalue weighted by atomic mass is 32.1. The van der Waals surface area contributed by atoms with E-state index in [0.717, 1.165) is 61.8 Å². The number of Topliss-reactive ketones (excluding diaryl/α,β-unsaturated/α-hetero) is 1. The molecule has 1 aromatic heterocycles. The van der Waals surface area contributed by atoms with Crippen LogP contribution < -0.4 is 10.2 Å². The summed E-state index contributed by atoms with van der Waals surface area (Å²) in [5.41, 5.74) is 0.471. The molecule has 230 valence electrons. The molecule has 12 heteroatoms. The lowest BCUT2D eigenvalue weighted by atomic mass is 9.78. The van der Waals surface area contributed by atoms with Gasteiger partial charge in [0.25, 0.3) is 5.91 Å². The lowest BCUT2D eigenvalue weighted by Gasteiger charge is -2.47. The zero-order valence-corrected chi connectivity index (χ0v) is 25.0. The molecule has 1 aliphatic carbocycles. The van der Waals surface area contributed by atoms with E-state index in [-0.39, 0.29) is 31.2 Å². The summed E-state index contributed by atoms with van der Waals surface area (Å²) in [6.45, 7) is 3.46. The van der Waals surface area contributed by atoms with Crippen molar-refractivity contribution in [3.63, 3.8) is 0 Å². The minimum absolute atomic E-state index is 0.114. The highest BCUT2D eigenvalue weighted by molar-refractivity contribution is 7.14. The van der Waals surface area contributed by atoms with E-state index in [4.69, 9.17) is 9.72 Å². The number of likely N-dealkylation sites (tertiary alicyclic amines) is 1. The molecular weight excluding hydrogens is 576 g/mol. The predicted molar refractivity (Wildman–Crippen MR) is 159 cm³/mol. The minimum atomic E-state index is -1.57. The summed E-state index contributed by atoms with van der Waals surface area (Å²) in [5.74, 6) is -3.16. The van der Waals surface area contributed by atoms with Crippen LogP contribution in [0.1, 0.15) is 42.5 Å². The fourth-order valence-corrected chi connectivity index (χ4v) is 7.98. The van der Waals surface area contributed by atoms with Crippen molar-refractivity contribution in [2.75, 3.05) is 51.3 Å². The van der Waals surface area contributed by atoms with Gasteiger partial charge in [-0.05, 0) is 32.0 Å². The molecule has 1 aromatic carbocycles. The Kier molecular flexibility index (Phi) is 8.72. The number of aldehydes is 1. The monoisotopic (exact) mass is 613 g/mol. The second-order valence-corrected chi connectivity index (χ2v) is 12.9. The van der Waals surface area contributed by atoms with Crippen molar-refractivity contribution in [3.8, 4) is 11.3 Å². The van der Waals surface area contributed by atoms with E-state index in [9.17, 15) is 23.2 Å². The molecule has 4 atom stereocenters. The number of ketones is 1. The number of nitrogens with one attached hydrogen (secondary N) is 1. The van der Waals surface area contributed by atoms with Gasteiger partial charge in [0.05, 0.1) is 17.7 Å². The number of ether oxygens (including phenoxy) is 1. The summed E-state index contributed by atoms with van der Waals surface area (Å²) in [5, 5.41) is 5.96. The maximum absolute atomic E-state index is 14.6. The molecule has 1 saturated carbocycles. The van der Waals surface area contributed by atoms with Gasteiger partial charge < -0.3 is 19.9 Å². The van der Waals surface area contributed by atoms with Crippen molar-refractivity contribution in [2.24, 2.45) is 11.8 Å². The van der Waals surface area contributed by atoms with Crippen LogP contribution >= 0.6 is 11.3 Å². The Morgan fingerprint density at radius 1 is 1.14 bits per heavy atom. The smallest absolute Gasteiger partial charge is 0.253 e. The number of carbonyl (C=O) groups excluding carboxylic acids is 3. The Bertz CT molecular complexity index is 1370. The number of hydrogen-bond donors (Lipinski definition) is 1. The van der Waals surface area contributed by atoms with E-state index in [0.29, 0.717) is 24.7 Å². The fraction of sp³-hybridized carbons (Fsp3) is 0.548. The zero-order chi connectivity index (χ0) is 30.1. The molecule has 4 unspecified atom stereocenters. The summed E-state index contributed by atoms with van der Waals surface area (Å²) < 4.78 is 33.5. The quantitative estimate of drug-likeness (QED) is 0.450. The minimum Gasteiger partial charge on any atom is -0.367 e. The number of halogens is 2. The first-order valence-corrected chi connectivity index (χ1v) is 15.9. The van der Waals surface area contributed by atoms with Gasteiger partial charge in [0, 0.05) is 55.1 Å². The lowest BCUT2D eigenvalue weighted by Crippen LogP contribution is -2.68. The van der Waals surface area contributed by atoms with Gasteiger partial charge in [-0.1, -0.05) is 31.4 Å². The third-order valence-corrected chi connectivity index (χ3v) is 10.4. The van der Waals surface area contributed by atoms with Crippen molar-refractivity contribution in [2.45, 2.75) is 49.9 Å². The van der Waals surface area contributed by atoms with Gasteiger partial charge in [-0.2, -0.15) is 0 Å². The Labute approximate surface area is 253 Å². The molecule has 0 bridgehead atoms. The first-order chi connectivity index (χ1) is 20.8. The highest BCUT2D eigenvalue weighted by Gasteiger charge is 2.60. The normalized spacial score (nSPS) is 27.2. The van der Waals surface area contributed by atoms with Crippen LogP contribution in [0.5, 0.6) is 0 Å². The summed E-state index contributed by atoms with van der Waals surface area (Å²) >= 11 is 1.60. The van der Waals surface area contributed by atoms with E-state index < -0.39 is 35.5 Å². The van der Waals surface area contributed by atoms with Gasteiger partial charge in [-0.3, -0.25) is 19.3 Å². The van der Waals surface area contributed by atoms with E-state index in [1.807, 2.05) is 17.5 Å². The average Bonchev–Trinajstić information content (AvgIpc) is 3.78. The largest absolute Gasteiger partial charge is 0.367 e. The SMILES string of the molecule is CN1CCN(c2nc(-c3ccc(C(=O)NC(C=O)(C4CCCCC4)N4CC(/C(F)=C/F)C5OCC(=O)C54)cc3)cs2)CC1. The number of benzene rings is 1. The number of fused-ring (bicyclic) bond motifs is 1. The van der Waals surface area contributed by atoms with Crippen molar-refractivity contribution < 1.29 is 27.9 Å². The number of anilines is 1. The number of thiazole rings is 1. The van der Waals surface area contributed by atoms with E-state index in [1.165, 1.54) is 0 Å². The molecule has 43 heavy (non-hydrogen) atoms. The standard InChI is InChI=1S/C31H37F2N5O4S/c1-36-11-13-37(14-12-36)30-34-25(18-43-30)20-7-9-21(10-8-20)29(41)35-31(19-39,22-5-3-2-4-6-22)38-16-23(24(33)15-32)28-27(38)26(40)17-42-28/h7-10,15,18-19,22-23,27-28H,2-6,11-14,16-17H2,1H3,(H,35,41)/b24-15-. The van der Waals surface area contributed by atoms with Crippen LogP contribution in [-0.2, 0) is 14.3 Å². The van der Waals surface area contributed by atoms with Crippen LogP contribution in [-0.4, -0.2) is 96.9 Å². The molecule has 1 amide bonds. The third kappa shape index (κ3) is 5.65. The molecule has 4 fully saturated rings. The number of amides is 1. The Morgan fingerprint density at radius 2 is 1.86 bits per heavy atom. The fourth-order valence-electron chi connectivity index (χ4n) is 7.09. The number of piperazine rings is 1. The van der Waals surface area contributed by atoms with E-state index in [1.54, 1.807) is 28.4 Å². The molecule has 6 rings (SSSR count). The van der Waals surface area contributed by atoms with Gasteiger partial charge in [-0.25, -0.2) is 13.8 Å². The number of aromatic nitrogens is 1. The molecule has 4 heterocycles. The first-order valence-electron chi connectivity index (χ1n) is 15.0. The molecule has 1 N–H and O–H groups in total. The van der Waals surface area contributed by atoms with Gasteiger partial charge in [-0.15, -0.1) is 11.3 Å². The van der Waals surface area contributed by atoms with Crippen molar-refractivity contribution in [3.05, 3.63) is 47.4 Å². The van der Waals surface area contributed by atoms with Crippen LogP contribution in [0.4, 0.5) is 13.9 Å². The van der Waals surface area contributed by atoms with Gasteiger partial charge in [0.2, 0.25) is 0 Å². The van der Waals surface area contributed by atoms with Crippen molar-refractivity contribution in [1.82, 2.24) is 20.1 Å². The number of likely N-dealkylation sites (N-methyl/N-ethyl adjacent to an activating group) is 1. The zero-order valence-electron chi connectivity index (χ0n) is 24.2. The topological polar surface area (TPSA) is 95.1 Å². The van der Waals surface area contributed by atoms with Crippen LogP contribution in [0, 0.1) is 11.8 Å². The molecule has 2 aromatic rings. The van der Waals surface area contributed by atoms with Gasteiger partial charge in [0.15, 0.2) is 22.9 Å². The van der Waals surface area contributed by atoms with Crippen LogP contribution in [0.2, 0.25) is 0 Å². The van der Waals surface area contributed by atoms with E-state index >= 15 is 0 Å². The maximum atomic E-state index is 14.6. The lowest BCUT2D eigenvalue weighted by molar-refractivity contribution is -0.133. The second kappa shape index (κ2) is 12.5. The summed E-state index contributed by atoms with van der Waals surface area (Å²) in [6.07, 6.45) is 3.70. The number of carbonyl (C=O) groups is 3. The Balaban J connectivity index is 1.25. The molecular formula is C31H37F2N5O4S. The molecule has 0 radical (unpaired) electrons. The molecule has 3 saturated heterocycles. The van der Waals surface area contributed by atoms with Crippen molar-refractivity contribution >= 4 is 34.4 Å². The Morgan fingerprint density at radius 3 is 2.53 bits per heavy atom. The van der Waals surface area contributed by atoms with Crippen LogP contribution in [0.3, 0.4) is 0 Å². The molecule has 4 aliphatic rings. The van der Waals surface area contributed by atoms with Crippen LogP contribution in [0.15, 0.2) is 41.8 Å². The summed E-state index contributed by atoms with van der Waals surface area (Å²) in [4.78, 5) is 50.8. The Hall–Kier alpha value is -3.06. The van der Waals surface area contributed by atoms with Gasteiger partial charge >= 0.3 is 0 Å². The first kappa shape index (κ1) is 30.0.